The molecule has 0 radical (unpaired) electrons. The minimum atomic E-state index is -0.761. The van der Waals surface area contributed by atoms with Crippen LogP contribution in [0.4, 0.5) is 0 Å². The van der Waals surface area contributed by atoms with E-state index < -0.39 is 5.97 Å². The Bertz CT molecular complexity index is 1310. The van der Waals surface area contributed by atoms with Crippen molar-refractivity contribution in [2.45, 2.75) is 26.5 Å². The van der Waals surface area contributed by atoms with Gasteiger partial charge in [0.2, 0.25) is 11.8 Å². The molecule has 1 N–H and O–H groups in total. The topological polar surface area (TPSA) is 90.4 Å². The predicted molar refractivity (Wildman–Crippen MR) is 139 cm³/mol. The zero-order valence-electron chi connectivity index (χ0n) is 20.8. The van der Waals surface area contributed by atoms with Crippen LogP contribution in [0.25, 0.3) is 11.1 Å². The Morgan fingerprint density at radius 2 is 1.95 bits per heavy atom. The van der Waals surface area contributed by atoms with E-state index in [0.717, 1.165) is 39.3 Å². The second kappa shape index (κ2) is 10.9. The number of pyridine rings is 1. The third-order valence-corrected chi connectivity index (χ3v) is 7.13. The van der Waals surface area contributed by atoms with Gasteiger partial charge in [-0.25, -0.2) is 0 Å². The average molecular weight is 525 g/mol. The summed E-state index contributed by atoms with van der Waals surface area (Å²) >= 11 is 6.54. The number of carboxylic acids is 1. The first-order valence-electron chi connectivity index (χ1n) is 12.2. The molecule has 2 aliphatic heterocycles. The molecule has 2 aliphatic rings. The molecule has 1 fully saturated rings. The fourth-order valence-corrected chi connectivity index (χ4v) is 5.04. The summed E-state index contributed by atoms with van der Waals surface area (Å²) in [6.45, 7) is 5.15. The lowest BCUT2D eigenvalue weighted by atomic mass is 9.96. The molecule has 9 heteroatoms. The zero-order chi connectivity index (χ0) is 25.9. The lowest BCUT2D eigenvalue weighted by Crippen LogP contribution is -2.23. The van der Waals surface area contributed by atoms with Crippen molar-refractivity contribution in [1.82, 2.24) is 9.88 Å². The Kier molecular flexibility index (Phi) is 7.39. The summed E-state index contributed by atoms with van der Waals surface area (Å²) in [4.78, 5) is 17.9. The number of fused-ring (bicyclic) bond motifs is 1. The summed E-state index contributed by atoms with van der Waals surface area (Å²) in [5.41, 5.74) is 5.00. The van der Waals surface area contributed by atoms with E-state index in [4.69, 9.17) is 30.5 Å². The van der Waals surface area contributed by atoms with E-state index in [1.165, 1.54) is 0 Å². The van der Waals surface area contributed by atoms with Crippen molar-refractivity contribution in [3.63, 3.8) is 0 Å². The molecule has 1 aromatic heterocycles. The van der Waals surface area contributed by atoms with E-state index in [9.17, 15) is 9.90 Å². The van der Waals surface area contributed by atoms with Crippen molar-refractivity contribution < 1.29 is 28.8 Å². The Labute approximate surface area is 220 Å². The molecule has 8 nitrogen and oxygen atoms in total. The summed E-state index contributed by atoms with van der Waals surface area (Å²) in [7, 11) is 1.55. The summed E-state index contributed by atoms with van der Waals surface area (Å²) in [5.74, 6) is 1.11. The number of nitrogens with zero attached hydrogens (tertiary/aromatic N) is 2. The van der Waals surface area contributed by atoms with Gasteiger partial charge in [-0.15, -0.1) is 0 Å². The Balaban J connectivity index is 1.31. The van der Waals surface area contributed by atoms with Crippen molar-refractivity contribution in [3.8, 4) is 34.4 Å². The van der Waals surface area contributed by atoms with E-state index in [1.807, 2.05) is 30.3 Å². The first-order valence-corrected chi connectivity index (χ1v) is 12.6. The largest absolute Gasteiger partial charge is 0.486 e. The zero-order valence-corrected chi connectivity index (χ0v) is 21.6. The molecule has 0 aliphatic carbocycles. The summed E-state index contributed by atoms with van der Waals surface area (Å²) < 4.78 is 22.9. The number of hydrogen-bond acceptors (Lipinski definition) is 7. The van der Waals surface area contributed by atoms with Gasteiger partial charge in [0.15, 0.2) is 11.5 Å². The van der Waals surface area contributed by atoms with Gasteiger partial charge in [0.05, 0.1) is 13.0 Å². The number of benzene rings is 2. The normalized spacial score (nSPS) is 17.0. The van der Waals surface area contributed by atoms with Crippen LogP contribution in [0, 0.1) is 12.8 Å². The molecule has 0 spiro atoms. The molecule has 3 aromatic rings. The number of halogens is 1. The van der Waals surface area contributed by atoms with E-state index in [1.54, 1.807) is 13.2 Å². The monoisotopic (exact) mass is 524 g/mol. The number of likely N-dealkylation sites (tertiary alicyclic amines) is 1. The average Bonchev–Trinajstić information content (AvgIpc) is 3.38. The molecule has 3 heterocycles. The molecule has 1 saturated heterocycles. The Morgan fingerprint density at radius 3 is 2.70 bits per heavy atom. The fraction of sp³-hybridized carbons (Fsp3) is 0.357. The van der Waals surface area contributed by atoms with Gasteiger partial charge in [-0.3, -0.25) is 9.69 Å². The van der Waals surface area contributed by atoms with Crippen LogP contribution in [0.15, 0.2) is 42.5 Å². The standard InChI is InChI=1S/C28H29ClN2O6/c1-17-20(4-3-5-22(17)18-6-7-24-25(13-18)36-11-10-35-24)16-37-27-23(29)12-21(26(30-27)34-2)15-31-9-8-19(14-31)28(32)33/h3-7,12-13,19H,8-11,14-16H2,1-2H3,(H,32,33)/t19-/m0/s1. The minimum Gasteiger partial charge on any atom is -0.486 e. The maximum Gasteiger partial charge on any atom is 0.307 e. The maximum atomic E-state index is 11.3. The number of hydrogen-bond donors (Lipinski definition) is 1. The molecular weight excluding hydrogens is 496 g/mol. The molecule has 0 unspecified atom stereocenters. The van der Waals surface area contributed by atoms with Gasteiger partial charge in [-0.2, -0.15) is 4.98 Å². The van der Waals surface area contributed by atoms with E-state index in [0.29, 0.717) is 50.2 Å². The van der Waals surface area contributed by atoms with Gasteiger partial charge in [0.25, 0.3) is 0 Å². The second-order valence-electron chi connectivity index (χ2n) is 9.24. The first-order chi connectivity index (χ1) is 17.9. The minimum absolute atomic E-state index is 0.284. The third kappa shape index (κ3) is 5.45. The highest BCUT2D eigenvalue weighted by Crippen LogP contribution is 2.37. The third-order valence-electron chi connectivity index (χ3n) is 6.86. The van der Waals surface area contributed by atoms with Gasteiger partial charge in [0, 0.05) is 18.7 Å². The predicted octanol–water partition coefficient (Wildman–Crippen LogP) is 4.98. The number of aromatic nitrogens is 1. The lowest BCUT2D eigenvalue weighted by molar-refractivity contribution is -0.141. The van der Waals surface area contributed by atoms with Gasteiger partial charge in [0.1, 0.15) is 24.8 Å². The molecule has 0 bridgehead atoms. The van der Waals surface area contributed by atoms with Crippen molar-refractivity contribution >= 4 is 17.6 Å². The summed E-state index contributed by atoms with van der Waals surface area (Å²) in [6, 6.07) is 13.8. The van der Waals surface area contributed by atoms with Crippen LogP contribution in [-0.4, -0.2) is 54.4 Å². The number of rotatable bonds is 8. The molecular formula is C28H29ClN2O6. The number of methoxy groups -OCH3 is 1. The van der Waals surface area contributed by atoms with Crippen LogP contribution in [0.5, 0.6) is 23.3 Å². The van der Waals surface area contributed by atoms with E-state index in [-0.39, 0.29) is 18.4 Å². The van der Waals surface area contributed by atoms with Crippen molar-refractivity contribution in [1.29, 1.82) is 0 Å². The molecule has 5 rings (SSSR count). The summed E-state index contributed by atoms with van der Waals surface area (Å²) in [6.07, 6.45) is 0.630. The fourth-order valence-electron chi connectivity index (χ4n) is 4.81. The van der Waals surface area contributed by atoms with Crippen LogP contribution in [0.1, 0.15) is 23.1 Å². The van der Waals surface area contributed by atoms with E-state index in [2.05, 4.69) is 22.9 Å². The van der Waals surface area contributed by atoms with Gasteiger partial charge < -0.3 is 24.1 Å². The van der Waals surface area contributed by atoms with Gasteiger partial charge in [-0.1, -0.05) is 35.9 Å². The number of aliphatic carboxylic acids is 1. The number of carboxylic acid groups (broad SMARTS) is 1. The molecule has 37 heavy (non-hydrogen) atoms. The van der Waals surface area contributed by atoms with Crippen LogP contribution >= 0.6 is 11.6 Å². The van der Waals surface area contributed by atoms with Gasteiger partial charge >= 0.3 is 5.97 Å². The van der Waals surface area contributed by atoms with Gasteiger partial charge in [-0.05, 0) is 60.3 Å². The van der Waals surface area contributed by atoms with Crippen LogP contribution in [0.3, 0.4) is 0 Å². The van der Waals surface area contributed by atoms with E-state index >= 15 is 0 Å². The highest BCUT2D eigenvalue weighted by molar-refractivity contribution is 6.31. The van der Waals surface area contributed by atoms with Crippen LogP contribution in [0.2, 0.25) is 5.02 Å². The maximum absolute atomic E-state index is 11.3. The molecule has 2 aromatic carbocycles. The molecule has 0 amide bonds. The van der Waals surface area contributed by atoms with Crippen LogP contribution in [-0.2, 0) is 17.9 Å². The first kappa shape index (κ1) is 25.2. The molecule has 194 valence electrons. The quantitative estimate of drug-likeness (QED) is 0.441. The van der Waals surface area contributed by atoms with Crippen molar-refractivity contribution in [3.05, 3.63) is 64.2 Å². The van der Waals surface area contributed by atoms with Crippen LogP contribution < -0.4 is 18.9 Å². The lowest BCUT2D eigenvalue weighted by Gasteiger charge is -2.20. The van der Waals surface area contributed by atoms with Crippen molar-refractivity contribution in [2.75, 3.05) is 33.4 Å². The Morgan fingerprint density at radius 1 is 1.14 bits per heavy atom. The molecule has 1 atom stereocenters. The highest BCUT2D eigenvalue weighted by atomic mass is 35.5. The Hall–Kier alpha value is -3.49. The smallest absolute Gasteiger partial charge is 0.307 e. The highest BCUT2D eigenvalue weighted by Gasteiger charge is 2.29. The number of carbonyl (C=O) groups is 1. The van der Waals surface area contributed by atoms with Crippen molar-refractivity contribution in [2.24, 2.45) is 5.92 Å². The molecule has 0 saturated carbocycles. The number of ether oxygens (including phenoxy) is 4. The summed E-state index contributed by atoms with van der Waals surface area (Å²) in [5, 5.41) is 9.65. The second-order valence-corrected chi connectivity index (χ2v) is 9.65. The SMILES string of the molecule is COc1nc(OCc2cccc(-c3ccc4c(c3)OCCO4)c2C)c(Cl)cc1CN1CC[C@H](C(=O)O)C1.